The van der Waals surface area contributed by atoms with E-state index >= 15 is 0 Å². The third-order valence-electron chi connectivity index (χ3n) is 3.59. The number of anilines is 2. The molecule has 0 bridgehead atoms. The Morgan fingerprint density at radius 2 is 2.00 bits per heavy atom. The minimum absolute atomic E-state index is 0.510. The SMILES string of the molecule is CCOc1c(N)nsc1N1CC(C)N(C)C(C)C1. The van der Waals surface area contributed by atoms with E-state index in [2.05, 4.69) is 35.1 Å². The molecule has 1 aromatic rings. The van der Waals surface area contributed by atoms with Crippen molar-refractivity contribution in [1.29, 1.82) is 0 Å². The first-order valence-electron chi connectivity index (χ1n) is 6.39. The van der Waals surface area contributed by atoms with Crippen molar-refractivity contribution in [2.24, 2.45) is 0 Å². The van der Waals surface area contributed by atoms with Crippen LogP contribution < -0.4 is 15.4 Å². The van der Waals surface area contributed by atoms with Crippen molar-refractivity contribution in [3.8, 4) is 5.75 Å². The third kappa shape index (κ3) is 2.40. The molecule has 0 aliphatic carbocycles. The summed E-state index contributed by atoms with van der Waals surface area (Å²) >= 11 is 1.44. The normalized spacial score (nSPS) is 25.4. The summed E-state index contributed by atoms with van der Waals surface area (Å²) < 4.78 is 9.84. The van der Waals surface area contributed by atoms with Gasteiger partial charge in [0.1, 0.15) is 0 Å². The van der Waals surface area contributed by atoms with E-state index in [-0.39, 0.29) is 0 Å². The summed E-state index contributed by atoms with van der Waals surface area (Å²) in [5.74, 6) is 1.27. The van der Waals surface area contributed by atoms with Gasteiger partial charge in [-0.2, -0.15) is 4.37 Å². The molecule has 0 amide bonds. The molecule has 1 saturated heterocycles. The molecule has 2 N–H and O–H groups in total. The lowest BCUT2D eigenvalue weighted by molar-refractivity contribution is 0.170. The zero-order chi connectivity index (χ0) is 13.3. The molecule has 1 fully saturated rings. The van der Waals surface area contributed by atoms with Gasteiger partial charge in [-0.25, -0.2) is 0 Å². The molecule has 2 atom stereocenters. The number of nitrogens with zero attached hydrogens (tertiary/aromatic N) is 3. The zero-order valence-corrected chi connectivity index (χ0v) is 12.3. The van der Waals surface area contributed by atoms with Crippen LogP contribution in [0, 0.1) is 0 Å². The standard InChI is InChI=1S/C12H22N4OS/c1-5-17-10-11(13)14-18-12(10)16-6-8(2)15(4)9(3)7-16/h8-9H,5-7H2,1-4H3,(H2,13,14). The molecular formula is C12H22N4OS. The Hall–Kier alpha value is -1.01. The minimum Gasteiger partial charge on any atom is -0.487 e. The van der Waals surface area contributed by atoms with Crippen LogP contribution in [-0.2, 0) is 0 Å². The quantitative estimate of drug-likeness (QED) is 0.905. The molecule has 0 saturated carbocycles. The van der Waals surface area contributed by atoms with E-state index in [0.29, 0.717) is 24.5 Å². The molecule has 18 heavy (non-hydrogen) atoms. The van der Waals surface area contributed by atoms with Gasteiger partial charge in [-0.3, -0.25) is 4.90 Å². The molecule has 1 aromatic heterocycles. The number of hydrogen-bond acceptors (Lipinski definition) is 6. The van der Waals surface area contributed by atoms with Crippen LogP contribution in [-0.4, -0.2) is 48.1 Å². The van der Waals surface area contributed by atoms with Crippen molar-refractivity contribution in [3.05, 3.63) is 0 Å². The van der Waals surface area contributed by atoms with Crippen LogP contribution in [0.1, 0.15) is 20.8 Å². The second-order valence-corrected chi connectivity index (χ2v) is 5.66. The van der Waals surface area contributed by atoms with Gasteiger partial charge in [0.25, 0.3) is 0 Å². The Labute approximate surface area is 113 Å². The van der Waals surface area contributed by atoms with Crippen molar-refractivity contribution in [2.45, 2.75) is 32.9 Å². The average Bonchev–Trinajstić information content (AvgIpc) is 2.68. The molecule has 0 aromatic carbocycles. The second-order valence-electron chi connectivity index (χ2n) is 4.90. The van der Waals surface area contributed by atoms with Crippen LogP contribution in [0.25, 0.3) is 0 Å². The smallest absolute Gasteiger partial charge is 0.197 e. The molecule has 1 aliphatic heterocycles. The van der Waals surface area contributed by atoms with E-state index < -0.39 is 0 Å². The highest BCUT2D eigenvalue weighted by Gasteiger charge is 2.30. The molecule has 5 nitrogen and oxygen atoms in total. The first-order chi connectivity index (χ1) is 8.54. The summed E-state index contributed by atoms with van der Waals surface area (Å²) in [6.07, 6.45) is 0. The van der Waals surface area contributed by atoms with Crippen LogP contribution in [0.5, 0.6) is 5.75 Å². The number of aromatic nitrogens is 1. The highest BCUT2D eigenvalue weighted by molar-refractivity contribution is 7.11. The van der Waals surface area contributed by atoms with Gasteiger partial charge in [0.2, 0.25) is 0 Å². The van der Waals surface area contributed by atoms with Gasteiger partial charge in [-0.1, -0.05) is 0 Å². The van der Waals surface area contributed by atoms with E-state index in [4.69, 9.17) is 10.5 Å². The Morgan fingerprint density at radius 3 is 2.56 bits per heavy atom. The summed E-state index contributed by atoms with van der Waals surface area (Å²) in [6.45, 7) is 9.05. The van der Waals surface area contributed by atoms with Crippen LogP contribution in [0.15, 0.2) is 0 Å². The van der Waals surface area contributed by atoms with Gasteiger partial charge in [0, 0.05) is 25.2 Å². The lowest BCUT2D eigenvalue weighted by atomic mass is 10.1. The van der Waals surface area contributed by atoms with Crippen molar-refractivity contribution in [3.63, 3.8) is 0 Å². The van der Waals surface area contributed by atoms with Gasteiger partial charge < -0.3 is 15.4 Å². The van der Waals surface area contributed by atoms with Crippen molar-refractivity contribution in [1.82, 2.24) is 9.27 Å². The van der Waals surface area contributed by atoms with Crippen molar-refractivity contribution in [2.75, 3.05) is 37.4 Å². The maximum absolute atomic E-state index is 5.87. The molecule has 2 unspecified atom stereocenters. The highest BCUT2D eigenvalue weighted by Crippen LogP contribution is 2.39. The fraction of sp³-hybridized carbons (Fsp3) is 0.750. The second kappa shape index (κ2) is 5.32. The van der Waals surface area contributed by atoms with E-state index in [1.165, 1.54) is 11.5 Å². The predicted molar refractivity (Wildman–Crippen MR) is 76.6 cm³/mol. The number of nitrogen functional groups attached to an aromatic ring is 1. The number of ether oxygens (including phenoxy) is 1. The molecule has 1 aliphatic rings. The summed E-state index contributed by atoms with van der Waals surface area (Å²) in [7, 11) is 2.18. The number of rotatable bonds is 3. The average molecular weight is 270 g/mol. The summed E-state index contributed by atoms with van der Waals surface area (Å²) in [4.78, 5) is 4.75. The van der Waals surface area contributed by atoms with Gasteiger partial charge in [0.15, 0.2) is 16.6 Å². The van der Waals surface area contributed by atoms with Gasteiger partial charge >= 0.3 is 0 Å². The Morgan fingerprint density at radius 1 is 1.39 bits per heavy atom. The summed E-state index contributed by atoms with van der Waals surface area (Å²) in [5.41, 5.74) is 5.87. The van der Waals surface area contributed by atoms with E-state index in [0.717, 1.165) is 23.8 Å². The monoisotopic (exact) mass is 270 g/mol. The van der Waals surface area contributed by atoms with E-state index in [9.17, 15) is 0 Å². The maximum Gasteiger partial charge on any atom is 0.197 e. The molecule has 6 heteroatoms. The lowest BCUT2D eigenvalue weighted by Gasteiger charge is -2.42. The van der Waals surface area contributed by atoms with Crippen LogP contribution in [0.3, 0.4) is 0 Å². The van der Waals surface area contributed by atoms with Crippen LogP contribution >= 0.6 is 11.5 Å². The van der Waals surface area contributed by atoms with Gasteiger partial charge in [-0.05, 0) is 39.4 Å². The number of nitrogens with two attached hydrogens (primary N) is 1. The Kier molecular flexibility index (Phi) is 3.97. The summed E-state index contributed by atoms with van der Waals surface area (Å²) in [6, 6.07) is 1.04. The molecule has 0 spiro atoms. The number of likely N-dealkylation sites (N-methyl/N-ethyl adjacent to an activating group) is 1. The fourth-order valence-electron chi connectivity index (χ4n) is 2.34. The van der Waals surface area contributed by atoms with Gasteiger partial charge in [0.05, 0.1) is 6.61 Å². The lowest BCUT2D eigenvalue weighted by Crippen LogP contribution is -2.54. The Bertz CT molecular complexity index is 397. The van der Waals surface area contributed by atoms with Crippen LogP contribution in [0.4, 0.5) is 10.8 Å². The predicted octanol–water partition coefficient (Wildman–Crippen LogP) is 1.65. The first-order valence-corrected chi connectivity index (χ1v) is 7.16. The molecule has 0 radical (unpaired) electrons. The van der Waals surface area contributed by atoms with Gasteiger partial charge in [-0.15, -0.1) is 0 Å². The highest BCUT2D eigenvalue weighted by atomic mass is 32.1. The van der Waals surface area contributed by atoms with E-state index in [1.807, 2.05) is 6.92 Å². The largest absolute Gasteiger partial charge is 0.487 e. The molecule has 102 valence electrons. The molecular weight excluding hydrogens is 248 g/mol. The number of hydrogen-bond donors (Lipinski definition) is 1. The third-order valence-corrected chi connectivity index (χ3v) is 4.50. The van der Waals surface area contributed by atoms with Crippen molar-refractivity contribution >= 4 is 22.4 Å². The van der Waals surface area contributed by atoms with Crippen LogP contribution in [0.2, 0.25) is 0 Å². The van der Waals surface area contributed by atoms with Crippen molar-refractivity contribution < 1.29 is 4.74 Å². The Balaban J connectivity index is 2.21. The zero-order valence-electron chi connectivity index (χ0n) is 11.5. The summed E-state index contributed by atoms with van der Waals surface area (Å²) in [5, 5.41) is 1.07. The maximum atomic E-state index is 5.87. The number of piperazine rings is 1. The molecule has 2 heterocycles. The van der Waals surface area contributed by atoms with E-state index in [1.54, 1.807) is 0 Å². The first kappa shape index (κ1) is 13.4. The topological polar surface area (TPSA) is 54.6 Å². The fourth-order valence-corrected chi connectivity index (χ4v) is 3.12. The minimum atomic E-state index is 0.510. The molecule has 2 rings (SSSR count).